The van der Waals surface area contributed by atoms with Gasteiger partial charge in [0, 0.05) is 24.2 Å². The van der Waals surface area contributed by atoms with Gasteiger partial charge in [-0.3, -0.25) is 4.79 Å². The van der Waals surface area contributed by atoms with Gasteiger partial charge in [0.2, 0.25) is 5.24 Å². The second kappa shape index (κ2) is 6.36. The zero-order chi connectivity index (χ0) is 17.3. The Balaban J connectivity index is 2.12. The number of hydrogen-bond acceptors (Lipinski definition) is 3. The van der Waals surface area contributed by atoms with Gasteiger partial charge in [0.05, 0.1) is 11.3 Å². The highest BCUT2D eigenvalue weighted by Crippen LogP contribution is 2.42. The average Bonchev–Trinajstić information content (AvgIpc) is 2.68. The first kappa shape index (κ1) is 16.6. The normalized spacial score (nSPS) is 13.6. The second-order valence-electron chi connectivity index (χ2n) is 5.35. The van der Waals surface area contributed by atoms with Crippen molar-refractivity contribution in [2.45, 2.75) is 19.2 Å². The summed E-state index contributed by atoms with van der Waals surface area (Å²) in [5, 5.41) is -0.550. The van der Waals surface area contributed by atoms with Crippen molar-refractivity contribution < 1.29 is 22.7 Å². The van der Waals surface area contributed by atoms with E-state index in [0.717, 1.165) is 17.7 Å². The third kappa shape index (κ3) is 3.33. The van der Waals surface area contributed by atoms with E-state index in [4.69, 9.17) is 16.3 Å². The van der Waals surface area contributed by atoms with E-state index >= 15 is 0 Å². The van der Waals surface area contributed by atoms with Gasteiger partial charge in [-0.2, -0.15) is 13.2 Å². The molecule has 0 spiro atoms. The number of rotatable bonds is 3. The van der Waals surface area contributed by atoms with E-state index in [-0.39, 0.29) is 25.3 Å². The molecule has 126 valence electrons. The quantitative estimate of drug-likeness (QED) is 0.734. The minimum absolute atomic E-state index is 0.00553. The third-order valence-corrected chi connectivity index (χ3v) is 3.96. The Morgan fingerprint density at radius 1 is 1.17 bits per heavy atom. The Labute approximate surface area is 141 Å². The van der Waals surface area contributed by atoms with Crippen molar-refractivity contribution in [3.05, 3.63) is 53.6 Å². The van der Waals surface area contributed by atoms with Crippen LogP contribution in [0.5, 0.6) is 5.75 Å². The van der Waals surface area contributed by atoms with Gasteiger partial charge in [-0.25, -0.2) is 0 Å². The second-order valence-corrected chi connectivity index (χ2v) is 5.78. The van der Waals surface area contributed by atoms with Gasteiger partial charge in [0.15, 0.2) is 0 Å². The van der Waals surface area contributed by atoms with Crippen LogP contribution in [-0.4, -0.2) is 11.8 Å². The number of alkyl halides is 3. The van der Waals surface area contributed by atoms with E-state index in [9.17, 15) is 18.0 Å². The zero-order valence-electron chi connectivity index (χ0n) is 12.4. The molecular weight excluding hydrogens is 343 g/mol. The predicted octanol–water partition coefficient (Wildman–Crippen LogP) is 4.89. The number of para-hydroxylation sites is 1. The molecule has 1 aliphatic rings. The summed E-state index contributed by atoms with van der Waals surface area (Å²) in [6.45, 7) is 0.400. The van der Waals surface area contributed by atoms with Crippen molar-refractivity contribution in [1.82, 2.24) is 0 Å². The van der Waals surface area contributed by atoms with Crippen molar-refractivity contribution in [1.29, 1.82) is 0 Å². The predicted molar refractivity (Wildman–Crippen MR) is 84.7 cm³/mol. The summed E-state index contributed by atoms with van der Waals surface area (Å²) >= 11 is 5.42. The van der Waals surface area contributed by atoms with Crippen LogP contribution in [0.2, 0.25) is 0 Å². The Morgan fingerprint density at radius 2 is 1.92 bits per heavy atom. The summed E-state index contributed by atoms with van der Waals surface area (Å²) in [6, 6.07) is 10.6. The highest BCUT2D eigenvalue weighted by molar-refractivity contribution is 6.63. The number of fused-ring (bicyclic) bond motifs is 2. The molecule has 3 rings (SSSR count). The lowest BCUT2D eigenvalue weighted by atomic mass is 10.1. The maximum Gasteiger partial charge on any atom is 0.416 e. The molecule has 0 amide bonds. The number of hydrogen-bond donors (Lipinski definition) is 0. The van der Waals surface area contributed by atoms with Crippen LogP contribution < -0.4 is 9.64 Å². The van der Waals surface area contributed by atoms with Crippen LogP contribution >= 0.6 is 11.6 Å². The maximum absolute atomic E-state index is 13.1. The number of nitrogens with zero attached hydrogens (tertiary/aromatic N) is 1. The summed E-state index contributed by atoms with van der Waals surface area (Å²) in [7, 11) is 0. The molecule has 1 heterocycles. The molecule has 0 aliphatic carbocycles. The van der Waals surface area contributed by atoms with Crippen LogP contribution in [0.1, 0.15) is 17.5 Å². The van der Waals surface area contributed by atoms with E-state index in [1.807, 2.05) is 12.1 Å². The molecule has 0 atom stereocenters. The lowest BCUT2D eigenvalue weighted by Crippen LogP contribution is -2.21. The Bertz CT molecular complexity index is 777. The molecule has 2 aromatic rings. The van der Waals surface area contributed by atoms with Crippen LogP contribution in [0.3, 0.4) is 0 Å². The van der Waals surface area contributed by atoms with Gasteiger partial charge >= 0.3 is 6.18 Å². The van der Waals surface area contributed by atoms with Crippen LogP contribution in [-0.2, 0) is 17.6 Å². The molecule has 0 saturated carbocycles. The molecule has 0 radical (unpaired) electrons. The summed E-state index contributed by atoms with van der Waals surface area (Å²) in [5.74, 6) is 0.334. The van der Waals surface area contributed by atoms with Crippen molar-refractivity contribution in [2.24, 2.45) is 0 Å². The summed E-state index contributed by atoms with van der Waals surface area (Å²) in [4.78, 5) is 12.8. The minimum atomic E-state index is -4.46. The van der Waals surface area contributed by atoms with E-state index in [1.54, 1.807) is 17.0 Å². The third-order valence-electron chi connectivity index (χ3n) is 3.77. The van der Waals surface area contributed by atoms with Gasteiger partial charge in [0.1, 0.15) is 12.4 Å². The standard InChI is InChI=1S/C17H13ClF3NO2/c18-16(23)7-8-22-13-4-2-1-3-11(13)10-24-15-6-5-12(9-14(15)22)17(19,20)21/h1-6,9H,7-8,10H2. The average molecular weight is 356 g/mol. The number of benzene rings is 2. The number of anilines is 2. The molecular formula is C17H13ClF3NO2. The van der Waals surface area contributed by atoms with E-state index in [2.05, 4.69) is 0 Å². The van der Waals surface area contributed by atoms with Gasteiger partial charge in [0.25, 0.3) is 0 Å². The highest BCUT2D eigenvalue weighted by Gasteiger charge is 2.33. The molecule has 0 fully saturated rings. The SMILES string of the molecule is O=C(Cl)CCN1c2ccccc2COc2ccc(C(F)(F)F)cc21. The fourth-order valence-electron chi connectivity index (χ4n) is 2.65. The van der Waals surface area contributed by atoms with Crippen LogP contribution in [0.4, 0.5) is 24.5 Å². The fraction of sp³-hybridized carbons (Fsp3) is 0.235. The molecule has 0 aromatic heterocycles. The van der Waals surface area contributed by atoms with Gasteiger partial charge in [-0.05, 0) is 35.9 Å². The Hall–Kier alpha value is -2.21. The van der Waals surface area contributed by atoms with Gasteiger partial charge < -0.3 is 9.64 Å². The van der Waals surface area contributed by atoms with Gasteiger partial charge in [-0.1, -0.05) is 18.2 Å². The van der Waals surface area contributed by atoms with Crippen molar-refractivity contribution in [3.8, 4) is 5.75 Å². The maximum atomic E-state index is 13.1. The van der Waals surface area contributed by atoms with Crippen molar-refractivity contribution in [2.75, 3.05) is 11.4 Å². The molecule has 2 aromatic carbocycles. The van der Waals surface area contributed by atoms with E-state index in [1.165, 1.54) is 6.07 Å². The van der Waals surface area contributed by atoms with Crippen LogP contribution in [0.25, 0.3) is 0 Å². The van der Waals surface area contributed by atoms with Crippen LogP contribution in [0, 0.1) is 0 Å². The monoisotopic (exact) mass is 355 g/mol. The molecule has 1 aliphatic heterocycles. The fourth-order valence-corrected chi connectivity index (χ4v) is 2.73. The van der Waals surface area contributed by atoms with Crippen molar-refractivity contribution in [3.63, 3.8) is 0 Å². The summed E-state index contributed by atoms with van der Waals surface area (Å²) in [5.41, 5.74) is 1.02. The molecule has 3 nitrogen and oxygen atoms in total. The Kier molecular flexibility index (Phi) is 4.41. The van der Waals surface area contributed by atoms with E-state index in [0.29, 0.717) is 11.4 Å². The minimum Gasteiger partial charge on any atom is -0.487 e. The molecule has 0 N–H and O–H groups in total. The number of carbonyl (C=O) groups excluding carboxylic acids is 1. The number of ether oxygens (including phenoxy) is 1. The molecule has 7 heteroatoms. The largest absolute Gasteiger partial charge is 0.487 e. The molecule has 0 saturated heterocycles. The van der Waals surface area contributed by atoms with Crippen LogP contribution in [0.15, 0.2) is 42.5 Å². The van der Waals surface area contributed by atoms with E-state index < -0.39 is 17.0 Å². The molecule has 24 heavy (non-hydrogen) atoms. The molecule has 0 unspecified atom stereocenters. The number of halogens is 4. The lowest BCUT2D eigenvalue weighted by molar-refractivity contribution is -0.137. The topological polar surface area (TPSA) is 29.5 Å². The first-order chi connectivity index (χ1) is 11.4. The summed E-state index contributed by atoms with van der Waals surface area (Å²) < 4.78 is 44.8. The van der Waals surface area contributed by atoms with Crippen molar-refractivity contribution >= 4 is 28.2 Å². The first-order valence-electron chi connectivity index (χ1n) is 7.24. The lowest BCUT2D eigenvalue weighted by Gasteiger charge is -2.26. The van der Waals surface area contributed by atoms with Gasteiger partial charge in [-0.15, -0.1) is 0 Å². The molecule has 0 bridgehead atoms. The highest BCUT2D eigenvalue weighted by atomic mass is 35.5. The number of carbonyl (C=O) groups is 1. The Morgan fingerprint density at radius 3 is 2.62 bits per heavy atom. The smallest absolute Gasteiger partial charge is 0.416 e. The zero-order valence-corrected chi connectivity index (χ0v) is 13.2. The summed E-state index contributed by atoms with van der Waals surface area (Å²) in [6.07, 6.45) is -4.46. The first-order valence-corrected chi connectivity index (χ1v) is 7.62.